The van der Waals surface area contributed by atoms with Gasteiger partial charge in [-0.3, -0.25) is 14.3 Å². The molecule has 3 N–H and O–H groups in total. The van der Waals surface area contributed by atoms with Gasteiger partial charge in [-0.1, -0.05) is 31.2 Å². The lowest BCUT2D eigenvalue weighted by atomic mass is 10.0. The first-order valence-corrected chi connectivity index (χ1v) is 9.37. The van der Waals surface area contributed by atoms with Crippen molar-refractivity contribution in [3.8, 4) is 0 Å². The zero-order valence-electron chi connectivity index (χ0n) is 15.9. The van der Waals surface area contributed by atoms with Gasteiger partial charge in [-0.25, -0.2) is 4.79 Å². The molecule has 1 aliphatic heterocycles. The molecule has 0 saturated carbocycles. The van der Waals surface area contributed by atoms with Crippen molar-refractivity contribution in [3.63, 3.8) is 0 Å². The summed E-state index contributed by atoms with van der Waals surface area (Å²) in [7, 11) is 0. The molecule has 7 nitrogen and oxygen atoms in total. The summed E-state index contributed by atoms with van der Waals surface area (Å²) in [6, 6.07) is 8.27. The minimum absolute atomic E-state index is 0.114. The molecule has 7 heteroatoms. The average molecular weight is 373 g/mol. The van der Waals surface area contributed by atoms with Crippen molar-refractivity contribution in [3.05, 3.63) is 68.0 Å². The Morgan fingerprint density at radius 1 is 1.37 bits per heavy atom. The fraction of sp³-hybridized carbons (Fsp3) is 0.500. The van der Waals surface area contributed by atoms with Gasteiger partial charge in [0, 0.05) is 30.8 Å². The summed E-state index contributed by atoms with van der Waals surface area (Å²) in [6.45, 7) is 6.45. The highest BCUT2D eigenvalue weighted by Crippen LogP contribution is 2.28. The highest BCUT2D eigenvalue weighted by Gasteiger charge is 2.35. The van der Waals surface area contributed by atoms with Gasteiger partial charge in [0.15, 0.2) is 0 Å². The molecule has 2 heterocycles. The van der Waals surface area contributed by atoms with E-state index in [2.05, 4.69) is 36.3 Å². The van der Waals surface area contributed by atoms with Crippen LogP contribution in [-0.4, -0.2) is 33.4 Å². The predicted molar refractivity (Wildman–Crippen MR) is 103 cm³/mol. The quantitative estimate of drug-likeness (QED) is 0.711. The van der Waals surface area contributed by atoms with E-state index in [1.54, 1.807) is 0 Å². The van der Waals surface area contributed by atoms with Gasteiger partial charge in [0.2, 0.25) is 0 Å². The number of aliphatic hydroxyl groups is 1. The van der Waals surface area contributed by atoms with Crippen molar-refractivity contribution < 1.29 is 9.84 Å². The minimum Gasteiger partial charge on any atom is -0.390 e. The van der Waals surface area contributed by atoms with Crippen LogP contribution in [0.3, 0.4) is 0 Å². The summed E-state index contributed by atoms with van der Waals surface area (Å²) in [4.78, 5) is 26.2. The Morgan fingerprint density at radius 2 is 2.11 bits per heavy atom. The summed E-state index contributed by atoms with van der Waals surface area (Å²) in [5, 5.41) is 13.8. The predicted octanol–water partition coefficient (Wildman–Crippen LogP) is 1.41. The van der Waals surface area contributed by atoms with E-state index in [1.807, 2.05) is 19.1 Å². The van der Waals surface area contributed by atoms with Crippen LogP contribution in [0.2, 0.25) is 0 Å². The molecule has 1 saturated heterocycles. The molecule has 3 rings (SSSR count). The van der Waals surface area contributed by atoms with E-state index in [1.165, 1.54) is 21.9 Å². The van der Waals surface area contributed by atoms with E-state index < -0.39 is 24.1 Å². The van der Waals surface area contributed by atoms with Gasteiger partial charge in [0.25, 0.3) is 5.56 Å². The zero-order chi connectivity index (χ0) is 19.6. The Bertz CT molecular complexity index is 905. The van der Waals surface area contributed by atoms with Crippen molar-refractivity contribution >= 4 is 0 Å². The third-order valence-corrected chi connectivity index (χ3v) is 5.22. The minimum atomic E-state index is -0.685. The van der Waals surface area contributed by atoms with E-state index >= 15 is 0 Å². The standard InChI is InChI=1S/C20H27N3O4/c1-4-14-11-23(20(26)22-19(14)25)18-9-16(24)17(27-18)10-21-13(3)15-8-6-5-7-12(15)2/h5-8,11,13,16-18,21,24H,4,9-10H2,1-3H3,(H,22,25,26)/t13?,16-,17+,18+/m0/s1. The number of H-pyrrole nitrogens is 1. The number of aliphatic hydroxyl groups excluding tert-OH is 1. The van der Waals surface area contributed by atoms with Crippen LogP contribution in [-0.2, 0) is 11.2 Å². The molecule has 0 amide bonds. The van der Waals surface area contributed by atoms with Gasteiger partial charge >= 0.3 is 5.69 Å². The molecule has 146 valence electrons. The van der Waals surface area contributed by atoms with Gasteiger partial charge in [0.05, 0.1) is 12.2 Å². The fourth-order valence-electron chi connectivity index (χ4n) is 3.54. The number of nitrogens with zero attached hydrogens (tertiary/aromatic N) is 1. The lowest BCUT2D eigenvalue weighted by molar-refractivity contribution is -0.0203. The monoisotopic (exact) mass is 373 g/mol. The fourth-order valence-corrected chi connectivity index (χ4v) is 3.54. The Balaban J connectivity index is 1.68. The molecule has 2 aromatic rings. The first kappa shape index (κ1) is 19.5. The maximum absolute atomic E-state index is 12.1. The van der Waals surface area contributed by atoms with Gasteiger partial charge in [-0.05, 0) is 31.4 Å². The Hall–Kier alpha value is -2.22. The van der Waals surface area contributed by atoms with Crippen molar-refractivity contribution in [2.24, 2.45) is 0 Å². The second-order valence-electron chi connectivity index (χ2n) is 7.09. The lowest BCUT2D eigenvalue weighted by Crippen LogP contribution is -2.36. The van der Waals surface area contributed by atoms with Crippen molar-refractivity contribution in [2.45, 2.75) is 58.1 Å². The molecule has 0 radical (unpaired) electrons. The second-order valence-corrected chi connectivity index (χ2v) is 7.09. The summed E-state index contributed by atoms with van der Waals surface area (Å²) in [5.41, 5.74) is 2.03. The molecule has 0 aliphatic carbocycles. The molecule has 0 spiro atoms. The maximum atomic E-state index is 12.1. The molecule has 0 bridgehead atoms. The van der Waals surface area contributed by atoms with E-state index in [-0.39, 0.29) is 11.6 Å². The topological polar surface area (TPSA) is 96.3 Å². The average Bonchev–Trinajstić information content (AvgIpc) is 3.00. The molecule has 1 aliphatic rings. The number of rotatable bonds is 6. The summed E-state index contributed by atoms with van der Waals surface area (Å²) >= 11 is 0. The van der Waals surface area contributed by atoms with Crippen molar-refractivity contribution in [1.82, 2.24) is 14.9 Å². The van der Waals surface area contributed by atoms with Crippen LogP contribution in [0.4, 0.5) is 0 Å². The largest absolute Gasteiger partial charge is 0.390 e. The highest BCUT2D eigenvalue weighted by atomic mass is 16.5. The SMILES string of the molecule is CCc1cn([C@H]2C[C@H](O)[C@@H](CNC(C)c3ccccc3C)O2)c(=O)[nH]c1=O. The first-order valence-electron chi connectivity index (χ1n) is 9.37. The molecular formula is C20H27N3O4. The molecule has 1 unspecified atom stereocenters. The summed E-state index contributed by atoms with van der Waals surface area (Å²) in [6.07, 6.45) is 0.657. The third-order valence-electron chi connectivity index (χ3n) is 5.22. The summed E-state index contributed by atoms with van der Waals surface area (Å²) < 4.78 is 7.29. The second kappa shape index (κ2) is 8.21. The van der Waals surface area contributed by atoms with E-state index in [0.29, 0.717) is 24.9 Å². The number of hydrogen-bond donors (Lipinski definition) is 3. The summed E-state index contributed by atoms with van der Waals surface area (Å²) in [5.74, 6) is 0. The Labute approximate surface area is 158 Å². The molecule has 1 aromatic carbocycles. The van der Waals surface area contributed by atoms with Crippen LogP contribution in [0.5, 0.6) is 0 Å². The number of aromatic amines is 1. The van der Waals surface area contributed by atoms with Crippen LogP contribution in [0.25, 0.3) is 0 Å². The first-order chi connectivity index (χ1) is 12.9. The number of aryl methyl sites for hydroxylation is 2. The number of ether oxygens (including phenoxy) is 1. The molecule has 1 aromatic heterocycles. The van der Waals surface area contributed by atoms with Gasteiger partial charge < -0.3 is 15.2 Å². The zero-order valence-corrected chi connectivity index (χ0v) is 15.9. The van der Waals surface area contributed by atoms with E-state index in [0.717, 1.165) is 0 Å². The van der Waals surface area contributed by atoms with Crippen LogP contribution in [0.15, 0.2) is 40.1 Å². The number of nitrogens with one attached hydrogen (secondary N) is 2. The number of benzene rings is 1. The maximum Gasteiger partial charge on any atom is 0.330 e. The molecule has 27 heavy (non-hydrogen) atoms. The number of hydrogen-bond acceptors (Lipinski definition) is 5. The van der Waals surface area contributed by atoms with E-state index in [4.69, 9.17) is 4.74 Å². The van der Waals surface area contributed by atoms with Crippen LogP contribution >= 0.6 is 0 Å². The Morgan fingerprint density at radius 3 is 2.81 bits per heavy atom. The van der Waals surface area contributed by atoms with Crippen molar-refractivity contribution in [2.75, 3.05) is 6.54 Å². The third kappa shape index (κ3) is 4.21. The van der Waals surface area contributed by atoms with E-state index in [9.17, 15) is 14.7 Å². The van der Waals surface area contributed by atoms with Gasteiger partial charge in [-0.15, -0.1) is 0 Å². The van der Waals surface area contributed by atoms with Crippen molar-refractivity contribution in [1.29, 1.82) is 0 Å². The lowest BCUT2D eigenvalue weighted by Gasteiger charge is -2.21. The van der Waals surface area contributed by atoms with Crippen LogP contribution < -0.4 is 16.6 Å². The van der Waals surface area contributed by atoms with Crippen LogP contribution in [0, 0.1) is 6.92 Å². The highest BCUT2D eigenvalue weighted by molar-refractivity contribution is 5.28. The van der Waals surface area contributed by atoms with Gasteiger partial charge in [0.1, 0.15) is 6.23 Å². The molecule has 1 fully saturated rings. The smallest absolute Gasteiger partial charge is 0.330 e. The molecular weight excluding hydrogens is 346 g/mol. The Kier molecular flexibility index (Phi) is 5.94. The molecule has 4 atom stereocenters. The normalized spacial score (nSPS) is 23.5. The van der Waals surface area contributed by atoms with Gasteiger partial charge in [-0.2, -0.15) is 0 Å². The van der Waals surface area contributed by atoms with Crippen LogP contribution in [0.1, 0.15) is 49.2 Å². The number of aromatic nitrogens is 2.